The van der Waals surface area contributed by atoms with Crippen LogP contribution < -0.4 is 10.6 Å². The smallest absolute Gasteiger partial charge is 0.315 e. The number of halogens is 1. The van der Waals surface area contributed by atoms with Crippen molar-refractivity contribution in [1.29, 1.82) is 0 Å². The summed E-state index contributed by atoms with van der Waals surface area (Å²) in [4.78, 5) is 16.7. The van der Waals surface area contributed by atoms with Crippen LogP contribution in [0.15, 0.2) is 45.6 Å². The fraction of sp³-hybridized carbons (Fsp3) is 0.350. The molecular formula is C20H23ClN4O2S. The molecule has 0 saturated carbocycles. The summed E-state index contributed by atoms with van der Waals surface area (Å²) in [6, 6.07) is 9.05. The van der Waals surface area contributed by atoms with E-state index >= 15 is 0 Å². The highest BCUT2D eigenvalue weighted by atomic mass is 35.5. The van der Waals surface area contributed by atoms with Crippen molar-refractivity contribution in [2.75, 3.05) is 6.54 Å². The second-order valence-electron chi connectivity index (χ2n) is 6.75. The van der Waals surface area contributed by atoms with Gasteiger partial charge < -0.3 is 15.2 Å². The third-order valence-electron chi connectivity index (χ3n) is 4.21. The van der Waals surface area contributed by atoms with E-state index in [9.17, 15) is 4.79 Å². The molecular weight excluding hydrogens is 396 g/mol. The Kier molecular flexibility index (Phi) is 7.06. The molecule has 1 unspecified atom stereocenters. The second-order valence-corrected chi connectivity index (χ2v) is 7.96. The molecule has 3 aromatic rings. The first-order valence-electron chi connectivity index (χ1n) is 9.17. The van der Waals surface area contributed by atoms with Crippen LogP contribution in [0.1, 0.15) is 55.1 Å². The molecule has 2 N–H and O–H groups in total. The molecule has 148 valence electrons. The van der Waals surface area contributed by atoms with Crippen LogP contribution in [0.5, 0.6) is 0 Å². The van der Waals surface area contributed by atoms with Crippen LogP contribution in [-0.2, 0) is 6.42 Å². The standard InChI is InChI=1S/C20H23ClN4O2S/c1-13(2)19-23-17(27-25-19)4-3-10-22-20(26)24-18(15-9-11-28-12-15)14-5-7-16(21)8-6-14/h5-9,11-13,18H,3-4,10H2,1-2H3,(H2,22,24,26). The molecule has 0 bridgehead atoms. The third-order valence-corrected chi connectivity index (χ3v) is 5.16. The lowest BCUT2D eigenvalue weighted by molar-refractivity contribution is 0.238. The molecule has 2 heterocycles. The topological polar surface area (TPSA) is 80.0 Å². The lowest BCUT2D eigenvalue weighted by atomic mass is 10.0. The molecule has 0 saturated heterocycles. The maximum atomic E-state index is 12.4. The number of rotatable bonds is 8. The number of aromatic nitrogens is 2. The Labute approximate surface area is 173 Å². The molecule has 1 atom stereocenters. The van der Waals surface area contributed by atoms with E-state index in [0.717, 1.165) is 17.5 Å². The number of nitrogens with zero attached hydrogens (tertiary/aromatic N) is 2. The summed E-state index contributed by atoms with van der Waals surface area (Å²) in [5, 5.41) is 14.6. The minimum absolute atomic E-state index is 0.223. The summed E-state index contributed by atoms with van der Waals surface area (Å²) in [6.45, 7) is 4.55. The van der Waals surface area contributed by atoms with Crippen molar-refractivity contribution in [2.45, 2.75) is 38.6 Å². The largest absolute Gasteiger partial charge is 0.339 e. The highest BCUT2D eigenvalue weighted by molar-refractivity contribution is 7.08. The van der Waals surface area contributed by atoms with E-state index in [1.807, 2.05) is 54.9 Å². The summed E-state index contributed by atoms with van der Waals surface area (Å²) in [5.74, 6) is 1.55. The van der Waals surface area contributed by atoms with E-state index in [4.69, 9.17) is 16.1 Å². The quantitative estimate of drug-likeness (QED) is 0.508. The minimum atomic E-state index is -0.229. The summed E-state index contributed by atoms with van der Waals surface area (Å²) in [6.07, 6.45) is 1.35. The highest BCUT2D eigenvalue weighted by Gasteiger charge is 2.17. The van der Waals surface area contributed by atoms with Gasteiger partial charge in [-0.05, 0) is 46.5 Å². The van der Waals surface area contributed by atoms with E-state index < -0.39 is 0 Å². The van der Waals surface area contributed by atoms with E-state index in [-0.39, 0.29) is 18.0 Å². The lowest BCUT2D eigenvalue weighted by Gasteiger charge is -2.19. The fourth-order valence-corrected chi connectivity index (χ4v) is 3.49. The summed E-state index contributed by atoms with van der Waals surface area (Å²) in [7, 11) is 0. The summed E-state index contributed by atoms with van der Waals surface area (Å²) >= 11 is 7.58. The second kappa shape index (κ2) is 9.71. The molecule has 2 aromatic heterocycles. The molecule has 8 heteroatoms. The maximum absolute atomic E-state index is 12.4. The van der Waals surface area contributed by atoms with Crippen LogP contribution in [0.3, 0.4) is 0 Å². The predicted molar refractivity (Wildman–Crippen MR) is 111 cm³/mol. The van der Waals surface area contributed by atoms with Gasteiger partial charge in [-0.15, -0.1) is 0 Å². The number of carbonyl (C=O) groups is 1. The van der Waals surface area contributed by atoms with Gasteiger partial charge in [0.1, 0.15) is 0 Å². The molecule has 0 aliphatic rings. The van der Waals surface area contributed by atoms with Crippen molar-refractivity contribution in [3.63, 3.8) is 0 Å². The van der Waals surface area contributed by atoms with Crippen LogP contribution in [0.2, 0.25) is 5.02 Å². The predicted octanol–water partition coefficient (Wildman–Crippen LogP) is 4.93. The van der Waals surface area contributed by atoms with E-state index in [2.05, 4.69) is 20.8 Å². The van der Waals surface area contributed by atoms with Gasteiger partial charge in [-0.3, -0.25) is 0 Å². The SMILES string of the molecule is CC(C)c1noc(CCCNC(=O)NC(c2ccc(Cl)cc2)c2ccsc2)n1. The van der Waals surface area contributed by atoms with Crippen molar-refractivity contribution in [2.24, 2.45) is 0 Å². The van der Waals surface area contributed by atoms with Gasteiger partial charge in [0.05, 0.1) is 6.04 Å². The molecule has 0 aliphatic heterocycles. The Morgan fingerprint density at radius 3 is 2.64 bits per heavy atom. The lowest BCUT2D eigenvalue weighted by Crippen LogP contribution is -2.38. The van der Waals surface area contributed by atoms with E-state index in [0.29, 0.717) is 29.7 Å². The average molecular weight is 419 g/mol. The Morgan fingerprint density at radius 1 is 1.21 bits per heavy atom. The average Bonchev–Trinajstić information content (AvgIpc) is 3.36. The Bertz CT molecular complexity index is 878. The van der Waals surface area contributed by atoms with Crippen molar-refractivity contribution in [3.8, 4) is 0 Å². The van der Waals surface area contributed by atoms with Crippen LogP contribution in [0, 0.1) is 0 Å². The molecule has 3 rings (SSSR count). The molecule has 0 spiro atoms. The zero-order chi connectivity index (χ0) is 19.9. The van der Waals surface area contributed by atoms with E-state index in [1.165, 1.54) is 0 Å². The van der Waals surface area contributed by atoms with Crippen molar-refractivity contribution >= 4 is 29.0 Å². The molecule has 0 fully saturated rings. The van der Waals surface area contributed by atoms with Gasteiger partial charge in [-0.25, -0.2) is 4.79 Å². The molecule has 6 nitrogen and oxygen atoms in total. The molecule has 0 aliphatic carbocycles. The van der Waals surface area contributed by atoms with Gasteiger partial charge in [0.2, 0.25) is 5.89 Å². The zero-order valence-corrected chi connectivity index (χ0v) is 17.4. The van der Waals surface area contributed by atoms with Gasteiger partial charge in [-0.1, -0.05) is 42.7 Å². The Hall–Kier alpha value is -2.38. The van der Waals surface area contributed by atoms with Gasteiger partial charge in [-0.2, -0.15) is 16.3 Å². The number of nitrogens with one attached hydrogen (secondary N) is 2. The summed E-state index contributed by atoms with van der Waals surface area (Å²) < 4.78 is 5.21. The highest BCUT2D eigenvalue weighted by Crippen LogP contribution is 2.25. The van der Waals surface area contributed by atoms with Crippen molar-refractivity contribution < 1.29 is 9.32 Å². The number of urea groups is 1. The van der Waals surface area contributed by atoms with Gasteiger partial charge in [0.25, 0.3) is 0 Å². The molecule has 2 amide bonds. The van der Waals surface area contributed by atoms with E-state index in [1.54, 1.807) is 11.3 Å². The normalized spacial score (nSPS) is 12.1. The number of amides is 2. The van der Waals surface area contributed by atoms with Crippen molar-refractivity contribution in [1.82, 2.24) is 20.8 Å². The number of carbonyl (C=O) groups excluding carboxylic acids is 1. The van der Waals surface area contributed by atoms with Gasteiger partial charge in [0.15, 0.2) is 5.82 Å². The number of thiophene rings is 1. The van der Waals surface area contributed by atoms with Gasteiger partial charge >= 0.3 is 6.03 Å². The zero-order valence-electron chi connectivity index (χ0n) is 15.8. The molecule has 28 heavy (non-hydrogen) atoms. The first kappa shape index (κ1) is 20.4. The molecule has 1 aromatic carbocycles. The first-order chi connectivity index (χ1) is 13.5. The summed E-state index contributed by atoms with van der Waals surface area (Å²) in [5.41, 5.74) is 2.01. The minimum Gasteiger partial charge on any atom is -0.339 e. The number of benzene rings is 1. The number of hydrogen-bond donors (Lipinski definition) is 2. The monoisotopic (exact) mass is 418 g/mol. The number of aryl methyl sites for hydroxylation is 1. The van der Waals surface area contributed by atoms with Crippen LogP contribution >= 0.6 is 22.9 Å². The van der Waals surface area contributed by atoms with Gasteiger partial charge in [0, 0.05) is 23.9 Å². The fourth-order valence-electron chi connectivity index (χ4n) is 2.68. The first-order valence-corrected chi connectivity index (χ1v) is 10.5. The Morgan fingerprint density at radius 2 is 2.00 bits per heavy atom. The molecule has 0 radical (unpaired) electrons. The van der Waals surface area contributed by atoms with Crippen LogP contribution in [-0.4, -0.2) is 22.7 Å². The third kappa shape index (κ3) is 5.56. The van der Waals surface area contributed by atoms with Crippen LogP contribution in [0.4, 0.5) is 4.79 Å². The Balaban J connectivity index is 1.51. The van der Waals surface area contributed by atoms with Crippen LogP contribution in [0.25, 0.3) is 0 Å². The number of hydrogen-bond acceptors (Lipinski definition) is 5. The maximum Gasteiger partial charge on any atom is 0.315 e. The van der Waals surface area contributed by atoms with Crippen molar-refractivity contribution in [3.05, 3.63) is 69.0 Å².